The SMILES string of the molecule is CC(C)(C)OC(=O)N1C[C@@H]2CC[C@H](O)[C@@H](c3ccccc3)[C@@H]2C1. The van der Waals surface area contributed by atoms with Gasteiger partial charge in [0.1, 0.15) is 5.60 Å². The molecule has 1 saturated heterocycles. The second kappa shape index (κ2) is 6.16. The van der Waals surface area contributed by atoms with Crippen LogP contribution in [0.5, 0.6) is 0 Å². The fraction of sp³-hybridized carbons (Fsp3) is 0.632. The third-order valence-corrected chi connectivity index (χ3v) is 5.04. The van der Waals surface area contributed by atoms with E-state index in [2.05, 4.69) is 12.1 Å². The maximum Gasteiger partial charge on any atom is 0.410 e. The quantitative estimate of drug-likeness (QED) is 0.863. The predicted octanol–water partition coefficient (Wildman–Crippen LogP) is 3.41. The molecule has 1 aromatic rings. The van der Waals surface area contributed by atoms with E-state index < -0.39 is 5.60 Å². The number of aliphatic hydroxyl groups is 1. The van der Waals surface area contributed by atoms with Gasteiger partial charge in [0.05, 0.1) is 6.10 Å². The van der Waals surface area contributed by atoms with Gasteiger partial charge in [-0.15, -0.1) is 0 Å². The summed E-state index contributed by atoms with van der Waals surface area (Å²) in [6.45, 7) is 7.10. The Morgan fingerprint density at radius 2 is 1.87 bits per heavy atom. The van der Waals surface area contributed by atoms with Crippen LogP contribution in [0.15, 0.2) is 30.3 Å². The molecule has 1 aliphatic carbocycles. The lowest BCUT2D eigenvalue weighted by atomic mass is 9.69. The van der Waals surface area contributed by atoms with E-state index >= 15 is 0 Å². The summed E-state index contributed by atoms with van der Waals surface area (Å²) in [7, 11) is 0. The normalized spacial score (nSPS) is 30.9. The number of hydrogen-bond acceptors (Lipinski definition) is 3. The molecule has 1 N–H and O–H groups in total. The molecule has 126 valence electrons. The first-order valence-corrected chi connectivity index (χ1v) is 8.56. The first kappa shape index (κ1) is 16.3. The van der Waals surface area contributed by atoms with Gasteiger partial charge in [-0.3, -0.25) is 0 Å². The summed E-state index contributed by atoms with van der Waals surface area (Å²) in [5.74, 6) is 0.882. The van der Waals surface area contributed by atoms with E-state index in [-0.39, 0.29) is 18.1 Å². The van der Waals surface area contributed by atoms with Crippen LogP contribution in [0, 0.1) is 11.8 Å². The number of rotatable bonds is 1. The number of carbonyl (C=O) groups excluding carboxylic acids is 1. The number of amides is 1. The minimum Gasteiger partial charge on any atom is -0.444 e. The fourth-order valence-electron chi connectivity index (χ4n) is 4.08. The van der Waals surface area contributed by atoms with Crippen molar-refractivity contribution in [2.24, 2.45) is 11.8 Å². The first-order chi connectivity index (χ1) is 10.8. The van der Waals surface area contributed by atoms with Crippen LogP contribution in [0.1, 0.15) is 45.1 Å². The zero-order valence-electron chi connectivity index (χ0n) is 14.2. The topological polar surface area (TPSA) is 49.8 Å². The number of hydrogen-bond donors (Lipinski definition) is 1. The Labute approximate surface area is 138 Å². The van der Waals surface area contributed by atoms with Crippen LogP contribution in [0.25, 0.3) is 0 Å². The number of carbonyl (C=O) groups is 1. The average molecular weight is 317 g/mol. The highest BCUT2D eigenvalue weighted by molar-refractivity contribution is 5.68. The van der Waals surface area contributed by atoms with E-state index in [1.165, 1.54) is 5.56 Å². The molecule has 0 radical (unpaired) electrons. The van der Waals surface area contributed by atoms with Crippen LogP contribution in [0.3, 0.4) is 0 Å². The molecular formula is C19H27NO3. The van der Waals surface area contributed by atoms with E-state index in [1.54, 1.807) is 0 Å². The lowest BCUT2D eigenvalue weighted by Crippen LogP contribution is -2.37. The van der Waals surface area contributed by atoms with Gasteiger partial charge in [-0.05, 0) is 51.0 Å². The van der Waals surface area contributed by atoms with E-state index in [4.69, 9.17) is 4.74 Å². The highest BCUT2D eigenvalue weighted by Gasteiger charge is 2.46. The minimum absolute atomic E-state index is 0.113. The van der Waals surface area contributed by atoms with Gasteiger partial charge in [0, 0.05) is 19.0 Å². The summed E-state index contributed by atoms with van der Waals surface area (Å²) >= 11 is 0. The first-order valence-electron chi connectivity index (χ1n) is 8.56. The van der Waals surface area contributed by atoms with Crippen molar-refractivity contribution in [3.05, 3.63) is 35.9 Å². The molecule has 2 fully saturated rings. The predicted molar refractivity (Wildman–Crippen MR) is 89.2 cm³/mol. The number of benzene rings is 1. The van der Waals surface area contributed by atoms with Crippen LogP contribution >= 0.6 is 0 Å². The Morgan fingerprint density at radius 3 is 2.52 bits per heavy atom. The van der Waals surface area contributed by atoms with Crippen LogP contribution < -0.4 is 0 Å². The monoisotopic (exact) mass is 317 g/mol. The maximum absolute atomic E-state index is 12.4. The summed E-state index contributed by atoms with van der Waals surface area (Å²) in [5.41, 5.74) is 0.712. The molecule has 3 rings (SSSR count). The van der Waals surface area contributed by atoms with E-state index in [1.807, 2.05) is 43.9 Å². The van der Waals surface area contributed by atoms with Gasteiger partial charge >= 0.3 is 6.09 Å². The number of ether oxygens (including phenoxy) is 1. The molecule has 2 aliphatic rings. The average Bonchev–Trinajstić information content (AvgIpc) is 2.90. The molecule has 4 atom stereocenters. The van der Waals surface area contributed by atoms with Gasteiger partial charge in [0.2, 0.25) is 0 Å². The van der Waals surface area contributed by atoms with Crippen molar-refractivity contribution >= 4 is 6.09 Å². The van der Waals surface area contributed by atoms with Crippen LogP contribution in [-0.4, -0.2) is 40.9 Å². The van der Waals surface area contributed by atoms with Crippen LogP contribution in [0.4, 0.5) is 4.79 Å². The van der Waals surface area contributed by atoms with Gasteiger partial charge in [0.15, 0.2) is 0 Å². The Hall–Kier alpha value is -1.55. The number of likely N-dealkylation sites (tertiary alicyclic amines) is 1. The van der Waals surface area contributed by atoms with Crippen molar-refractivity contribution in [3.63, 3.8) is 0 Å². The molecule has 1 aromatic carbocycles. The molecular weight excluding hydrogens is 290 g/mol. The molecule has 1 amide bonds. The van der Waals surface area contributed by atoms with Crippen molar-refractivity contribution < 1.29 is 14.6 Å². The van der Waals surface area contributed by atoms with Crippen molar-refractivity contribution in [3.8, 4) is 0 Å². The Morgan fingerprint density at radius 1 is 1.17 bits per heavy atom. The zero-order chi connectivity index (χ0) is 16.6. The number of nitrogens with zero attached hydrogens (tertiary/aromatic N) is 1. The Bertz CT molecular complexity index is 551. The second-order valence-electron chi connectivity index (χ2n) is 7.89. The summed E-state index contributed by atoms with van der Waals surface area (Å²) in [5, 5.41) is 10.5. The van der Waals surface area contributed by atoms with Gasteiger partial charge in [0.25, 0.3) is 0 Å². The second-order valence-corrected chi connectivity index (χ2v) is 7.89. The standard InChI is InChI=1S/C19H27NO3/c1-19(2,3)23-18(22)20-11-14-9-10-16(21)17(15(14)12-20)13-7-5-4-6-8-13/h4-8,14-17,21H,9-12H2,1-3H3/t14-,15+,16-,17-/m0/s1. The summed E-state index contributed by atoms with van der Waals surface area (Å²) in [6.07, 6.45) is 1.24. The maximum atomic E-state index is 12.4. The van der Waals surface area contributed by atoms with E-state index in [0.717, 1.165) is 19.4 Å². The summed E-state index contributed by atoms with van der Waals surface area (Å²) in [6, 6.07) is 10.2. The summed E-state index contributed by atoms with van der Waals surface area (Å²) < 4.78 is 5.52. The van der Waals surface area contributed by atoms with Crippen LogP contribution in [0.2, 0.25) is 0 Å². The minimum atomic E-state index is -0.469. The smallest absolute Gasteiger partial charge is 0.410 e. The highest BCUT2D eigenvalue weighted by atomic mass is 16.6. The molecule has 0 unspecified atom stereocenters. The van der Waals surface area contributed by atoms with Crippen LogP contribution in [-0.2, 0) is 4.74 Å². The molecule has 4 nitrogen and oxygen atoms in total. The lowest BCUT2D eigenvalue weighted by Gasteiger charge is -2.37. The van der Waals surface area contributed by atoms with Crippen molar-refractivity contribution in [1.82, 2.24) is 4.90 Å². The number of aliphatic hydroxyl groups excluding tert-OH is 1. The fourth-order valence-corrected chi connectivity index (χ4v) is 4.08. The molecule has 0 spiro atoms. The molecule has 4 heteroatoms. The van der Waals surface area contributed by atoms with Gasteiger partial charge in [-0.25, -0.2) is 4.79 Å². The molecule has 23 heavy (non-hydrogen) atoms. The Kier molecular flexibility index (Phi) is 4.37. The van der Waals surface area contributed by atoms with Crippen molar-refractivity contribution in [2.75, 3.05) is 13.1 Å². The molecule has 1 heterocycles. The molecule has 1 aliphatic heterocycles. The number of fused-ring (bicyclic) bond motifs is 1. The lowest BCUT2D eigenvalue weighted by molar-refractivity contribution is 0.0278. The van der Waals surface area contributed by atoms with Crippen molar-refractivity contribution in [2.45, 2.75) is 51.2 Å². The van der Waals surface area contributed by atoms with Gasteiger partial charge < -0.3 is 14.7 Å². The molecule has 0 bridgehead atoms. The zero-order valence-corrected chi connectivity index (χ0v) is 14.2. The largest absolute Gasteiger partial charge is 0.444 e. The molecule has 1 saturated carbocycles. The van der Waals surface area contributed by atoms with E-state index in [0.29, 0.717) is 18.4 Å². The third-order valence-electron chi connectivity index (χ3n) is 5.04. The van der Waals surface area contributed by atoms with Crippen molar-refractivity contribution in [1.29, 1.82) is 0 Å². The summed E-state index contributed by atoms with van der Waals surface area (Å²) in [4.78, 5) is 14.2. The molecule has 0 aromatic heterocycles. The van der Waals surface area contributed by atoms with Gasteiger partial charge in [-0.2, -0.15) is 0 Å². The third kappa shape index (κ3) is 3.52. The van der Waals surface area contributed by atoms with Gasteiger partial charge in [-0.1, -0.05) is 30.3 Å². The van der Waals surface area contributed by atoms with E-state index in [9.17, 15) is 9.90 Å². The highest BCUT2D eigenvalue weighted by Crippen LogP contribution is 2.45. The Balaban J connectivity index is 1.77.